The number of amides is 1. The lowest BCUT2D eigenvalue weighted by atomic mass is 10.2. The van der Waals surface area contributed by atoms with Crippen LogP contribution in [0.2, 0.25) is 0 Å². The first-order valence-electron chi connectivity index (χ1n) is 5.86. The van der Waals surface area contributed by atoms with E-state index in [0.717, 1.165) is 25.7 Å². The highest BCUT2D eigenvalue weighted by Crippen LogP contribution is 2.21. The average Bonchev–Trinajstić information content (AvgIpc) is 2.84. The van der Waals surface area contributed by atoms with Crippen LogP contribution in [0.3, 0.4) is 0 Å². The molecule has 2 aliphatic rings. The van der Waals surface area contributed by atoms with Crippen LogP contribution in [0.4, 0.5) is 0 Å². The van der Waals surface area contributed by atoms with Crippen molar-refractivity contribution in [2.45, 2.75) is 63.8 Å². The molecule has 2 atom stereocenters. The molecule has 0 spiro atoms. The van der Waals surface area contributed by atoms with Gasteiger partial charge in [-0.3, -0.25) is 9.63 Å². The van der Waals surface area contributed by atoms with Gasteiger partial charge in [-0.05, 0) is 32.6 Å². The quantitative estimate of drug-likeness (QED) is 0.723. The van der Waals surface area contributed by atoms with Crippen molar-refractivity contribution >= 4 is 5.91 Å². The summed E-state index contributed by atoms with van der Waals surface area (Å²) >= 11 is 0. The van der Waals surface area contributed by atoms with E-state index < -0.39 is 0 Å². The van der Waals surface area contributed by atoms with Crippen molar-refractivity contribution in [3.63, 3.8) is 0 Å². The molecule has 86 valence electrons. The molecular formula is C11H19NO3. The zero-order valence-corrected chi connectivity index (χ0v) is 9.20. The number of hydrogen-bond donors (Lipinski definition) is 1. The van der Waals surface area contributed by atoms with E-state index in [0.29, 0.717) is 0 Å². The monoisotopic (exact) mass is 213 g/mol. The molecule has 15 heavy (non-hydrogen) atoms. The van der Waals surface area contributed by atoms with E-state index in [-0.39, 0.29) is 24.2 Å². The Kier molecular flexibility index (Phi) is 3.59. The molecule has 0 bridgehead atoms. The number of hydrogen-bond acceptors (Lipinski definition) is 3. The summed E-state index contributed by atoms with van der Waals surface area (Å²) in [7, 11) is 0. The Labute approximate surface area is 90.3 Å². The normalized spacial score (nSPS) is 32.1. The van der Waals surface area contributed by atoms with Crippen molar-refractivity contribution in [2.24, 2.45) is 0 Å². The number of nitrogens with one attached hydrogen (secondary N) is 1. The summed E-state index contributed by atoms with van der Waals surface area (Å²) < 4.78 is 5.45. The number of hydroxylamine groups is 1. The SMILES string of the molecule is CC1CCC(C(=O)NOC2CCCC2)O1. The molecule has 0 aromatic carbocycles. The summed E-state index contributed by atoms with van der Waals surface area (Å²) in [5.74, 6) is -0.119. The smallest absolute Gasteiger partial charge is 0.272 e. The van der Waals surface area contributed by atoms with Gasteiger partial charge in [0.25, 0.3) is 5.91 Å². The van der Waals surface area contributed by atoms with Crippen LogP contribution in [0.15, 0.2) is 0 Å². The number of ether oxygens (including phenoxy) is 1. The fourth-order valence-electron chi connectivity index (χ4n) is 2.21. The van der Waals surface area contributed by atoms with Crippen LogP contribution >= 0.6 is 0 Å². The molecule has 1 amide bonds. The van der Waals surface area contributed by atoms with E-state index in [1.54, 1.807) is 0 Å². The van der Waals surface area contributed by atoms with Crippen LogP contribution in [0.1, 0.15) is 45.4 Å². The lowest BCUT2D eigenvalue weighted by Gasteiger charge is -2.14. The lowest BCUT2D eigenvalue weighted by Crippen LogP contribution is -2.36. The fraction of sp³-hybridized carbons (Fsp3) is 0.909. The van der Waals surface area contributed by atoms with E-state index in [9.17, 15) is 4.79 Å². The van der Waals surface area contributed by atoms with Crippen LogP contribution in [-0.2, 0) is 14.4 Å². The van der Waals surface area contributed by atoms with Crippen molar-refractivity contribution in [3.05, 3.63) is 0 Å². The van der Waals surface area contributed by atoms with Gasteiger partial charge in [0.05, 0.1) is 12.2 Å². The molecule has 1 aliphatic heterocycles. The van der Waals surface area contributed by atoms with Gasteiger partial charge in [-0.25, -0.2) is 5.48 Å². The maximum Gasteiger partial charge on any atom is 0.272 e. The minimum Gasteiger partial charge on any atom is -0.365 e. The van der Waals surface area contributed by atoms with Gasteiger partial charge in [0, 0.05) is 0 Å². The zero-order valence-electron chi connectivity index (χ0n) is 9.20. The Morgan fingerprint density at radius 3 is 2.60 bits per heavy atom. The summed E-state index contributed by atoms with van der Waals surface area (Å²) in [6.45, 7) is 1.99. The first-order valence-corrected chi connectivity index (χ1v) is 5.86. The predicted molar refractivity (Wildman–Crippen MR) is 55.1 cm³/mol. The lowest BCUT2D eigenvalue weighted by molar-refractivity contribution is -0.149. The Bertz CT molecular complexity index is 226. The summed E-state index contributed by atoms with van der Waals surface area (Å²) in [5.41, 5.74) is 2.52. The third-order valence-corrected chi connectivity index (χ3v) is 3.15. The van der Waals surface area contributed by atoms with Crippen molar-refractivity contribution < 1.29 is 14.4 Å². The third kappa shape index (κ3) is 2.92. The van der Waals surface area contributed by atoms with Gasteiger partial charge < -0.3 is 4.74 Å². The molecule has 1 saturated heterocycles. The first-order chi connectivity index (χ1) is 7.25. The maximum atomic E-state index is 11.6. The zero-order chi connectivity index (χ0) is 10.7. The molecular weight excluding hydrogens is 194 g/mol. The standard InChI is InChI=1S/C11H19NO3/c1-8-6-7-10(14-8)11(13)12-15-9-4-2-3-5-9/h8-10H,2-7H2,1H3,(H,12,13). The molecule has 4 nitrogen and oxygen atoms in total. The average molecular weight is 213 g/mol. The molecule has 1 aliphatic carbocycles. The molecule has 0 aromatic rings. The third-order valence-electron chi connectivity index (χ3n) is 3.15. The molecule has 1 heterocycles. The van der Waals surface area contributed by atoms with Crippen molar-refractivity contribution in [1.82, 2.24) is 5.48 Å². The Morgan fingerprint density at radius 1 is 1.27 bits per heavy atom. The van der Waals surface area contributed by atoms with Crippen LogP contribution < -0.4 is 5.48 Å². The summed E-state index contributed by atoms with van der Waals surface area (Å²) in [6, 6.07) is 0. The largest absolute Gasteiger partial charge is 0.365 e. The van der Waals surface area contributed by atoms with E-state index in [1.807, 2.05) is 6.92 Å². The second-order valence-electron chi connectivity index (χ2n) is 4.50. The Morgan fingerprint density at radius 2 is 2.00 bits per heavy atom. The molecule has 2 rings (SSSR count). The highest BCUT2D eigenvalue weighted by Gasteiger charge is 2.29. The second kappa shape index (κ2) is 4.94. The van der Waals surface area contributed by atoms with Crippen molar-refractivity contribution in [3.8, 4) is 0 Å². The van der Waals surface area contributed by atoms with Gasteiger partial charge >= 0.3 is 0 Å². The van der Waals surface area contributed by atoms with Crippen LogP contribution in [0, 0.1) is 0 Å². The maximum absolute atomic E-state index is 11.6. The molecule has 0 radical (unpaired) electrons. The number of carbonyl (C=O) groups is 1. The van der Waals surface area contributed by atoms with E-state index in [1.165, 1.54) is 12.8 Å². The van der Waals surface area contributed by atoms with E-state index >= 15 is 0 Å². The molecule has 2 unspecified atom stereocenters. The van der Waals surface area contributed by atoms with E-state index in [4.69, 9.17) is 9.57 Å². The first kappa shape index (κ1) is 10.9. The molecule has 2 fully saturated rings. The second-order valence-corrected chi connectivity index (χ2v) is 4.50. The summed E-state index contributed by atoms with van der Waals surface area (Å²) in [4.78, 5) is 16.9. The van der Waals surface area contributed by atoms with Gasteiger partial charge in [-0.1, -0.05) is 12.8 Å². The summed E-state index contributed by atoms with van der Waals surface area (Å²) in [5, 5.41) is 0. The minimum absolute atomic E-state index is 0.119. The van der Waals surface area contributed by atoms with Crippen molar-refractivity contribution in [2.75, 3.05) is 0 Å². The fourth-order valence-corrected chi connectivity index (χ4v) is 2.21. The van der Waals surface area contributed by atoms with Gasteiger partial charge in [0.2, 0.25) is 0 Å². The molecule has 1 saturated carbocycles. The topological polar surface area (TPSA) is 47.6 Å². The van der Waals surface area contributed by atoms with Crippen LogP contribution in [-0.4, -0.2) is 24.2 Å². The van der Waals surface area contributed by atoms with E-state index in [2.05, 4.69) is 5.48 Å². The number of carbonyl (C=O) groups excluding carboxylic acids is 1. The molecule has 4 heteroatoms. The van der Waals surface area contributed by atoms with Gasteiger partial charge in [-0.15, -0.1) is 0 Å². The van der Waals surface area contributed by atoms with Gasteiger partial charge in [-0.2, -0.15) is 0 Å². The van der Waals surface area contributed by atoms with Gasteiger partial charge in [0.1, 0.15) is 6.10 Å². The summed E-state index contributed by atoms with van der Waals surface area (Å²) in [6.07, 6.45) is 6.41. The predicted octanol–water partition coefficient (Wildman–Crippen LogP) is 1.54. The minimum atomic E-state index is -0.304. The Hall–Kier alpha value is -0.610. The van der Waals surface area contributed by atoms with Crippen LogP contribution in [0.5, 0.6) is 0 Å². The molecule has 1 N–H and O–H groups in total. The highest BCUT2D eigenvalue weighted by molar-refractivity contribution is 5.80. The highest BCUT2D eigenvalue weighted by atomic mass is 16.7. The Balaban J connectivity index is 1.67. The molecule has 0 aromatic heterocycles. The number of rotatable bonds is 3. The van der Waals surface area contributed by atoms with Crippen LogP contribution in [0.25, 0.3) is 0 Å². The van der Waals surface area contributed by atoms with Crippen molar-refractivity contribution in [1.29, 1.82) is 0 Å². The van der Waals surface area contributed by atoms with Gasteiger partial charge in [0.15, 0.2) is 0 Å².